The Morgan fingerprint density at radius 3 is 2.52 bits per heavy atom. The van der Waals surface area contributed by atoms with Crippen LogP contribution in [0.4, 0.5) is 13.2 Å². The molecule has 0 aliphatic carbocycles. The molecule has 0 aliphatic rings. The zero-order chi connectivity index (χ0) is 15.5. The monoisotopic (exact) mass is 299 g/mol. The van der Waals surface area contributed by atoms with E-state index in [1.807, 2.05) is 0 Å². The molecular formula is C13H12F3N3O2. The third kappa shape index (κ3) is 4.23. The molecule has 1 unspecified atom stereocenters. The molecular weight excluding hydrogens is 287 g/mol. The number of rotatable bonds is 4. The first-order valence-electron chi connectivity index (χ1n) is 6.01. The molecule has 2 N–H and O–H groups in total. The number of amides is 1. The zero-order valence-electron chi connectivity index (χ0n) is 10.9. The van der Waals surface area contributed by atoms with Crippen LogP contribution in [0.5, 0.6) is 5.75 Å². The fourth-order valence-corrected chi connectivity index (χ4v) is 1.67. The van der Waals surface area contributed by atoms with Gasteiger partial charge in [0.1, 0.15) is 11.6 Å². The minimum absolute atomic E-state index is 0.225. The summed E-state index contributed by atoms with van der Waals surface area (Å²) in [6.07, 6.45) is -1.57. The molecule has 0 fully saturated rings. The number of nitrogens with one attached hydrogen (secondary N) is 2. The lowest BCUT2D eigenvalue weighted by Crippen LogP contribution is -2.27. The lowest BCUT2D eigenvalue weighted by molar-refractivity contribution is -0.274. The lowest BCUT2D eigenvalue weighted by atomic mass is 10.2. The van der Waals surface area contributed by atoms with Crippen molar-refractivity contribution in [2.24, 2.45) is 0 Å². The Bertz CT molecular complexity index is 594. The van der Waals surface area contributed by atoms with Crippen LogP contribution in [0.3, 0.4) is 0 Å². The van der Waals surface area contributed by atoms with Gasteiger partial charge in [-0.15, -0.1) is 13.2 Å². The Morgan fingerprint density at radius 1 is 1.33 bits per heavy atom. The minimum atomic E-state index is -4.75. The summed E-state index contributed by atoms with van der Waals surface area (Å²) in [5.41, 5.74) is 0.225. The van der Waals surface area contributed by atoms with Crippen LogP contribution in [0.25, 0.3) is 0 Å². The highest BCUT2D eigenvalue weighted by molar-refractivity contribution is 5.94. The summed E-state index contributed by atoms with van der Waals surface area (Å²) >= 11 is 0. The molecule has 1 aromatic carbocycles. The fraction of sp³-hybridized carbons (Fsp3) is 0.231. The predicted octanol–water partition coefficient (Wildman–Crippen LogP) is 2.80. The number of nitrogens with zero attached hydrogens (tertiary/aromatic N) is 1. The molecule has 0 bridgehead atoms. The average molecular weight is 299 g/mol. The summed E-state index contributed by atoms with van der Waals surface area (Å²) in [6, 6.07) is 4.33. The van der Waals surface area contributed by atoms with Gasteiger partial charge < -0.3 is 15.0 Å². The van der Waals surface area contributed by atoms with Crippen LogP contribution in [0.2, 0.25) is 0 Å². The maximum absolute atomic E-state index is 12.0. The molecule has 1 heterocycles. The number of halogens is 3. The van der Waals surface area contributed by atoms with E-state index in [2.05, 4.69) is 20.0 Å². The van der Waals surface area contributed by atoms with Crippen molar-refractivity contribution >= 4 is 5.91 Å². The minimum Gasteiger partial charge on any atom is -0.406 e. The molecule has 112 valence electrons. The predicted molar refractivity (Wildman–Crippen MR) is 67.6 cm³/mol. The first-order valence-corrected chi connectivity index (χ1v) is 6.01. The van der Waals surface area contributed by atoms with Gasteiger partial charge in [0, 0.05) is 18.0 Å². The largest absolute Gasteiger partial charge is 0.573 e. The van der Waals surface area contributed by atoms with E-state index in [0.717, 1.165) is 12.1 Å². The van der Waals surface area contributed by atoms with Crippen molar-refractivity contribution in [3.8, 4) is 5.75 Å². The summed E-state index contributed by atoms with van der Waals surface area (Å²) in [6.45, 7) is 1.73. The van der Waals surface area contributed by atoms with E-state index in [1.165, 1.54) is 12.1 Å². The topological polar surface area (TPSA) is 67.0 Å². The smallest absolute Gasteiger partial charge is 0.406 e. The molecule has 0 radical (unpaired) electrons. The maximum Gasteiger partial charge on any atom is 0.573 e. The van der Waals surface area contributed by atoms with Crippen molar-refractivity contribution in [1.29, 1.82) is 0 Å². The molecule has 1 aromatic heterocycles. The second kappa shape index (κ2) is 5.86. The van der Waals surface area contributed by atoms with Crippen molar-refractivity contribution in [2.45, 2.75) is 19.3 Å². The highest BCUT2D eigenvalue weighted by Gasteiger charge is 2.31. The van der Waals surface area contributed by atoms with Crippen LogP contribution in [0.15, 0.2) is 36.7 Å². The van der Waals surface area contributed by atoms with Gasteiger partial charge in [0.25, 0.3) is 5.91 Å². The van der Waals surface area contributed by atoms with Crippen LogP contribution in [0.1, 0.15) is 29.1 Å². The van der Waals surface area contributed by atoms with E-state index >= 15 is 0 Å². The molecule has 1 amide bonds. The van der Waals surface area contributed by atoms with Crippen LogP contribution >= 0.6 is 0 Å². The number of carbonyl (C=O) groups is 1. The highest BCUT2D eigenvalue weighted by atomic mass is 19.4. The Labute approximate surface area is 118 Å². The number of carbonyl (C=O) groups excluding carboxylic acids is 1. The maximum atomic E-state index is 12.0. The van der Waals surface area contributed by atoms with Crippen molar-refractivity contribution in [1.82, 2.24) is 15.3 Å². The number of imidazole rings is 1. The highest BCUT2D eigenvalue weighted by Crippen LogP contribution is 2.22. The SMILES string of the molecule is CC(NC(=O)c1ccc(OC(F)(F)F)cc1)c1ncc[nH]1. The second-order valence-corrected chi connectivity index (χ2v) is 4.24. The van der Waals surface area contributed by atoms with Gasteiger partial charge in [-0.2, -0.15) is 0 Å². The molecule has 0 saturated heterocycles. The fourth-order valence-electron chi connectivity index (χ4n) is 1.67. The molecule has 8 heteroatoms. The van der Waals surface area contributed by atoms with E-state index in [-0.39, 0.29) is 17.4 Å². The number of ether oxygens (including phenoxy) is 1. The summed E-state index contributed by atoms with van der Waals surface area (Å²) in [5.74, 6) is -0.212. The lowest BCUT2D eigenvalue weighted by Gasteiger charge is -2.12. The van der Waals surface area contributed by atoms with E-state index in [1.54, 1.807) is 19.3 Å². The Morgan fingerprint density at radius 2 is 2.00 bits per heavy atom. The number of benzene rings is 1. The summed E-state index contributed by atoms with van der Waals surface area (Å²) in [5, 5.41) is 2.67. The van der Waals surface area contributed by atoms with Crippen LogP contribution < -0.4 is 10.1 Å². The molecule has 1 atom stereocenters. The first kappa shape index (κ1) is 14.9. The van der Waals surface area contributed by atoms with Crippen molar-refractivity contribution in [2.75, 3.05) is 0 Å². The van der Waals surface area contributed by atoms with Gasteiger partial charge in [-0.05, 0) is 31.2 Å². The van der Waals surface area contributed by atoms with Gasteiger partial charge in [0.15, 0.2) is 0 Å². The number of hydrogen-bond acceptors (Lipinski definition) is 3. The standard InChI is InChI=1S/C13H12F3N3O2/c1-8(11-17-6-7-18-11)19-12(20)9-2-4-10(5-3-9)21-13(14,15)16/h2-8H,1H3,(H,17,18)(H,19,20). The van der Waals surface area contributed by atoms with Gasteiger partial charge in [0.05, 0.1) is 6.04 Å². The number of hydrogen-bond donors (Lipinski definition) is 2. The third-order valence-corrected chi connectivity index (χ3v) is 2.63. The summed E-state index contributed by atoms with van der Waals surface area (Å²) in [4.78, 5) is 18.8. The zero-order valence-corrected chi connectivity index (χ0v) is 10.9. The first-order chi connectivity index (χ1) is 9.85. The van der Waals surface area contributed by atoms with Gasteiger partial charge >= 0.3 is 6.36 Å². The Kier molecular flexibility index (Phi) is 4.15. The van der Waals surface area contributed by atoms with Gasteiger partial charge in [0.2, 0.25) is 0 Å². The van der Waals surface area contributed by atoms with Crippen LogP contribution in [0, 0.1) is 0 Å². The number of aromatic nitrogens is 2. The molecule has 0 saturated carbocycles. The molecule has 2 aromatic rings. The number of alkyl halides is 3. The van der Waals surface area contributed by atoms with Crippen LogP contribution in [-0.2, 0) is 0 Å². The summed E-state index contributed by atoms with van der Waals surface area (Å²) < 4.78 is 39.8. The molecule has 2 rings (SSSR count). The summed E-state index contributed by atoms with van der Waals surface area (Å²) in [7, 11) is 0. The van der Waals surface area contributed by atoms with Crippen molar-refractivity contribution in [3.05, 3.63) is 48.0 Å². The van der Waals surface area contributed by atoms with Crippen LogP contribution in [-0.4, -0.2) is 22.2 Å². The Hall–Kier alpha value is -2.51. The van der Waals surface area contributed by atoms with Gasteiger partial charge in [-0.3, -0.25) is 4.79 Å². The quantitative estimate of drug-likeness (QED) is 0.912. The van der Waals surface area contributed by atoms with E-state index < -0.39 is 12.3 Å². The van der Waals surface area contributed by atoms with E-state index in [4.69, 9.17) is 0 Å². The number of aromatic amines is 1. The van der Waals surface area contributed by atoms with Gasteiger partial charge in [-0.25, -0.2) is 4.98 Å². The molecule has 21 heavy (non-hydrogen) atoms. The van der Waals surface area contributed by atoms with E-state index in [9.17, 15) is 18.0 Å². The average Bonchev–Trinajstić information content (AvgIpc) is 2.91. The second-order valence-electron chi connectivity index (χ2n) is 4.24. The van der Waals surface area contributed by atoms with Crippen molar-refractivity contribution < 1.29 is 22.7 Å². The molecule has 0 aliphatic heterocycles. The van der Waals surface area contributed by atoms with Crippen molar-refractivity contribution in [3.63, 3.8) is 0 Å². The van der Waals surface area contributed by atoms with Gasteiger partial charge in [-0.1, -0.05) is 0 Å². The van der Waals surface area contributed by atoms with E-state index in [0.29, 0.717) is 5.82 Å². The normalized spacial score (nSPS) is 12.8. The third-order valence-electron chi connectivity index (χ3n) is 2.63. The number of H-pyrrole nitrogens is 1. The molecule has 5 nitrogen and oxygen atoms in total. The molecule has 0 spiro atoms. The Balaban J connectivity index is 2.00.